The van der Waals surface area contributed by atoms with Crippen molar-refractivity contribution >= 4 is 21.9 Å². The van der Waals surface area contributed by atoms with Gasteiger partial charge in [0.1, 0.15) is 0 Å². The Kier molecular flexibility index (Phi) is 4.60. The van der Waals surface area contributed by atoms with E-state index in [4.69, 9.17) is 0 Å². The van der Waals surface area contributed by atoms with Crippen LogP contribution in [0, 0.1) is 11.8 Å². The number of hydrogen-bond acceptors (Lipinski definition) is 3. The lowest BCUT2D eigenvalue weighted by molar-refractivity contribution is -0.143. The summed E-state index contributed by atoms with van der Waals surface area (Å²) in [6.07, 6.45) is 4.52. The number of carboxylic acids is 1. The molecular formula is C15H18O4S. The number of carboxylic acid groups (broad SMARTS) is 1. The number of carbonyl (C=O) groups is 1. The van der Waals surface area contributed by atoms with Gasteiger partial charge in [0.25, 0.3) is 0 Å². The van der Waals surface area contributed by atoms with Gasteiger partial charge in [-0.1, -0.05) is 42.5 Å². The fourth-order valence-corrected chi connectivity index (χ4v) is 4.43. The molecule has 0 aromatic heterocycles. The van der Waals surface area contributed by atoms with Gasteiger partial charge in [-0.2, -0.15) is 0 Å². The number of rotatable bonds is 5. The molecule has 4 nitrogen and oxygen atoms in total. The van der Waals surface area contributed by atoms with E-state index in [0.717, 1.165) is 5.56 Å². The van der Waals surface area contributed by atoms with E-state index in [2.05, 4.69) is 0 Å². The molecule has 1 heterocycles. The minimum absolute atomic E-state index is 0.00312. The van der Waals surface area contributed by atoms with Gasteiger partial charge in [-0.25, -0.2) is 8.42 Å². The van der Waals surface area contributed by atoms with Crippen molar-refractivity contribution < 1.29 is 18.3 Å². The molecule has 1 N–H and O–H groups in total. The normalized spacial score (nSPS) is 22.9. The van der Waals surface area contributed by atoms with Crippen LogP contribution in [0.5, 0.6) is 0 Å². The van der Waals surface area contributed by atoms with Crippen molar-refractivity contribution in [1.82, 2.24) is 0 Å². The van der Waals surface area contributed by atoms with Gasteiger partial charge in [-0.15, -0.1) is 0 Å². The summed E-state index contributed by atoms with van der Waals surface area (Å²) in [6, 6.07) is 9.62. The molecule has 2 atom stereocenters. The second-order valence-electron chi connectivity index (χ2n) is 5.16. The highest BCUT2D eigenvalue weighted by Gasteiger charge is 2.36. The van der Waals surface area contributed by atoms with E-state index >= 15 is 0 Å². The van der Waals surface area contributed by atoms with Gasteiger partial charge in [-0.3, -0.25) is 4.79 Å². The highest BCUT2D eigenvalue weighted by Crippen LogP contribution is 2.29. The number of aliphatic carboxylic acids is 1. The van der Waals surface area contributed by atoms with Crippen LogP contribution in [-0.2, 0) is 14.6 Å². The van der Waals surface area contributed by atoms with Crippen molar-refractivity contribution in [3.05, 3.63) is 42.0 Å². The quantitative estimate of drug-likeness (QED) is 0.904. The van der Waals surface area contributed by atoms with Crippen LogP contribution in [0.15, 0.2) is 36.4 Å². The van der Waals surface area contributed by atoms with Gasteiger partial charge in [0.05, 0.1) is 17.4 Å². The van der Waals surface area contributed by atoms with E-state index in [1.54, 1.807) is 0 Å². The molecular weight excluding hydrogens is 276 g/mol. The maximum atomic E-state index is 11.5. The van der Waals surface area contributed by atoms with E-state index in [1.165, 1.54) is 0 Å². The smallest absolute Gasteiger partial charge is 0.307 e. The maximum absolute atomic E-state index is 11.5. The van der Waals surface area contributed by atoms with Gasteiger partial charge in [-0.05, 0) is 24.3 Å². The molecule has 0 spiro atoms. The van der Waals surface area contributed by atoms with Crippen molar-refractivity contribution in [2.75, 3.05) is 11.5 Å². The summed E-state index contributed by atoms with van der Waals surface area (Å²) in [6.45, 7) is 0. The Morgan fingerprint density at radius 3 is 2.60 bits per heavy atom. The first kappa shape index (κ1) is 14.8. The minimum Gasteiger partial charge on any atom is -0.481 e. The molecule has 20 heavy (non-hydrogen) atoms. The third-order valence-corrected chi connectivity index (χ3v) is 5.45. The van der Waals surface area contributed by atoms with Crippen LogP contribution < -0.4 is 0 Å². The highest BCUT2D eigenvalue weighted by molar-refractivity contribution is 7.91. The fraction of sp³-hybridized carbons (Fsp3) is 0.400. The van der Waals surface area contributed by atoms with Gasteiger partial charge < -0.3 is 5.11 Å². The zero-order valence-corrected chi connectivity index (χ0v) is 11.9. The summed E-state index contributed by atoms with van der Waals surface area (Å²) in [4.78, 5) is 11.3. The molecule has 1 fully saturated rings. The van der Waals surface area contributed by atoms with E-state index in [1.807, 2.05) is 42.5 Å². The van der Waals surface area contributed by atoms with Crippen molar-refractivity contribution in [2.45, 2.75) is 12.8 Å². The predicted molar refractivity (Wildman–Crippen MR) is 78.0 cm³/mol. The number of benzene rings is 1. The SMILES string of the molecule is O=C(O)C(CC=Cc1ccccc1)C1CCS(=O)(=O)C1. The zero-order chi connectivity index (χ0) is 14.6. The van der Waals surface area contributed by atoms with Crippen LogP contribution in [0.1, 0.15) is 18.4 Å². The standard InChI is InChI=1S/C15H18O4S/c16-15(17)14(13-9-10-20(18,19)11-13)8-4-7-12-5-2-1-3-6-12/h1-7,13-14H,8-11H2,(H,16,17). The second kappa shape index (κ2) is 6.22. The molecule has 0 aliphatic carbocycles. The van der Waals surface area contributed by atoms with E-state index in [0.29, 0.717) is 12.8 Å². The van der Waals surface area contributed by atoms with Crippen LogP contribution in [0.3, 0.4) is 0 Å². The summed E-state index contributed by atoms with van der Waals surface area (Å²) < 4.78 is 22.9. The molecule has 0 radical (unpaired) electrons. The molecule has 5 heteroatoms. The lowest BCUT2D eigenvalue weighted by Crippen LogP contribution is -2.24. The molecule has 2 rings (SSSR count). The first-order valence-corrected chi connectivity index (χ1v) is 8.45. The van der Waals surface area contributed by atoms with Crippen molar-refractivity contribution in [2.24, 2.45) is 11.8 Å². The highest BCUT2D eigenvalue weighted by atomic mass is 32.2. The third-order valence-electron chi connectivity index (χ3n) is 3.65. The summed E-state index contributed by atoms with van der Waals surface area (Å²) in [5.74, 6) is -1.68. The Hall–Kier alpha value is -1.62. The monoisotopic (exact) mass is 294 g/mol. The molecule has 1 aromatic carbocycles. The summed E-state index contributed by atoms with van der Waals surface area (Å²) in [5.41, 5.74) is 1.01. The van der Waals surface area contributed by atoms with E-state index in [-0.39, 0.29) is 17.4 Å². The van der Waals surface area contributed by atoms with Crippen LogP contribution in [0.25, 0.3) is 6.08 Å². The molecule has 108 valence electrons. The van der Waals surface area contributed by atoms with Crippen LogP contribution in [0.4, 0.5) is 0 Å². The Balaban J connectivity index is 2.00. The Bertz CT molecular complexity index is 590. The maximum Gasteiger partial charge on any atom is 0.307 e. The fourth-order valence-electron chi connectivity index (χ4n) is 2.55. The average Bonchev–Trinajstić information content (AvgIpc) is 2.75. The molecule has 0 bridgehead atoms. The lowest BCUT2D eigenvalue weighted by Gasteiger charge is -2.16. The van der Waals surface area contributed by atoms with Crippen LogP contribution >= 0.6 is 0 Å². The van der Waals surface area contributed by atoms with Gasteiger partial charge in [0.15, 0.2) is 9.84 Å². The van der Waals surface area contributed by atoms with Gasteiger partial charge >= 0.3 is 5.97 Å². The first-order chi connectivity index (χ1) is 9.48. The van der Waals surface area contributed by atoms with Crippen LogP contribution in [-0.4, -0.2) is 31.0 Å². The molecule has 1 aliphatic heterocycles. The van der Waals surface area contributed by atoms with Crippen molar-refractivity contribution in [3.8, 4) is 0 Å². The number of allylic oxidation sites excluding steroid dienone is 1. The zero-order valence-electron chi connectivity index (χ0n) is 11.1. The first-order valence-electron chi connectivity index (χ1n) is 6.63. The minimum atomic E-state index is -3.04. The average molecular weight is 294 g/mol. The molecule has 2 unspecified atom stereocenters. The Morgan fingerprint density at radius 1 is 1.35 bits per heavy atom. The predicted octanol–water partition coefficient (Wildman–Crippen LogP) is 2.23. The molecule has 1 aliphatic rings. The van der Waals surface area contributed by atoms with Crippen molar-refractivity contribution in [1.29, 1.82) is 0 Å². The van der Waals surface area contributed by atoms with Gasteiger partial charge in [0.2, 0.25) is 0 Å². The number of sulfone groups is 1. The largest absolute Gasteiger partial charge is 0.481 e. The van der Waals surface area contributed by atoms with Crippen molar-refractivity contribution in [3.63, 3.8) is 0 Å². The third kappa shape index (κ3) is 3.93. The molecule has 0 saturated carbocycles. The molecule has 1 aromatic rings. The lowest BCUT2D eigenvalue weighted by atomic mass is 9.89. The second-order valence-corrected chi connectivity index (χ2v) is 7.39. The molecule has 1 saturated heterocycles. The van der Waals surface area contributed by atoms with E-state index in [9.17, 15) is 18.3 Å². The topological polar surface area (TPSA) is 71.4 Å². The summed E-state index contributed by atoms with van der Waals surface area (Å²) >= 11 is 0. The summed E-state index contributed by atoms with van der Waals surface area (Å²) in [5, 5.41) is 9.27. The van der Waals surface area contributed by atoms with Crippen LogP contribution in [0.2, 0.25) is 0 Å². The Labute approximate surface area is 119 Å². The van der Waals surface area contributed by atoms with E-state index < -0.39 is 21.7 Å². The van der Waals surface area contributed by atoms with Gasteiger partial charge in [0, 0.05) is 0 Å². The Morgan fingerprint density at radius 2 is 2.05 bits per heavy atom. The number of hydrogen-bond donors (Lipinski definition) is 1. The molecule has 0 amide bonds. The summed E-state index contributed by atoms with van der Waals surface area (Å²) in [7, 11) is -3.04.